The third kappa shape index (κ3) is 3.46. The van der Waals surface area contributed by atoms with Gasteiger partial charge in [-0.3, -0.25) is 0 Å². The van der Waals surface area contributed by atoms with E-state index in [0.717, 1.165) is 5.56 Å². The van der Waals surface area contributed by atoms with Crippen LogP contribution in [0.4, 0.5) is 5.69 Å². The molecule has 0 spiro atoms. The quantitative estimate of drug-likeness (QED) is 0.590. The maximum Gasteiger partial charge on any atom is 0.257 e. The number of nitrogens with one attached hydrogen (secondary N) is 2. The molecule has 0 bridgehead atoms. The van der Waals surface area contributed by atoms with Gasteiger partial charge in [0.15, 0.2) is 0 Å². The van der Waals surface area contributed by atoms with Gasteiger partial charge < -0.3 is 10.5 Å². The van der Waals surface area contributed by atoms with Crippen LogP contribution in [-0.2, 0) is 10.0 Å². The van der Waals surface area contributed by atoms with E-state index in [0.29, 0.717) is 5.69 Å². The number of hydrogen-bond acceptors (Lipinski definition) is 4. The predicted molar refractivity (Wildman–Crippen MR) is 73.2 cm³/mol. The number of rotatable bonds is 4. The fourth-order valence-corrected chi connectivity index (χ4v) is 2.31. The molecule has 100 valence electrons. The molecule has 2 rings (SSSR count). The summed E-state index contributed by atoms with van der Waals surface area (Å²) in [6.07, 6.45) is 0. The molecular weight excluding hydrogens is 264 g/mol. The highest BCUT2D eigenvalue weighted by atomic mass is 32.2. The van der Waals surface area contributed by atoms with Gasteiger partial charge in [0.2, 0.25) is 0 Å². The standard InChI is InChI=1S/C13H14N2O3S/c1-10-2-8-13(9-3-10)19(17,18)15-14-11-4-6-12(16)7-5-11/h2-9,14-16H,1H3. The summed E-state index contributed by atoms with van der Waals surface area (Å²) in [6.45, 7) is 1.89. The van der Waals surface area contributed by atoms with Crippen molar-refractivity contribution in [1.82, 2.24) is 4.83 Å². The maximum atomic E-state index is 12.0. The first-order valence-electron chi connectivity index (χ1n) is 5.61. The summed E-state index contributed by atoms with van der Waals surface area (Å²) in [5, 5.41) is 9.12. The molecule has 0 aliphatic rings. The molecule has 6 heteroatoms. The fraction of sp³-hybridized carbons (Fsp3) is 0.0769. The number of sulfonamides is 1. The van der Waals surface area contributed by atoms with Gasteiger partial charge in [0.25, 0.3) is 10.0 Å². The lowest BCUT2D eigenvalue weighted by molar-refractivity contribution is 0.475. The van der Waals surface area contributed by atoms with Gasteiger partial charge in [0.1, 0.15) is 5.75 Å². The molecular formula is C13H14N2O3S. The molecule has 0 heterocycles. The zero-order valence-corrected chi connectivity index (χ0v) is 11.1. The van der Waals surface area contributed by atoms with Crippen molar-refractivity contribution >= 4 is 15.7 Å². The first-order valence-corrected chi connectivity index (χ1v) is 7.09. The van der Waals surface area contributed by atoms with Crippen molar-refractivity contribution in [1.29, 1.82) is 0 Å². The van der Waals surface area contributed by atoms with E-state index in [1.165, 1.54) is 24.3 Å². The van der Waals surface area contributed by atoms with Gasteiger partial charge in [-0.2, -0.15) is 0 Å². The van der Waals surface area contributed by atoms with E-state index in [1.807, 2.05) is 6.92 Å². The predicted octanol–water partition coefficient (Wildman–Crippen LogP) is 2.01. The maximum absolute atomic E-state index is 12.0. The van der Waals surface area contributed by atoms with Gasteiger partial charge in [0.05, 0.1) is 10.6 Å². The SMILES string of the molecule is Cc1ccc(S(=O)(=O)NNc2ccc(O)cc2)cc1. The molecule has 2 aromatic carbocycles. The van der Waals surface area contributed by atoms with Gasteiger partial charge in [0, 0.05) is 0 Å². The second-order valence-electron chi connectivity index (χ2n) is 4.09. The van der Waals surface area contributed by atoms with Crippen LogP contribution >= 0.6 is 0 Å². The van der Waals surface area contributed by atoms with E-state index >= 15 is 0 Å². The highest BCUT2D eigenvalue weighted by molar-refractivity contribution is 7.89. The average molecular weight is 278 g/mol. The van der Waals surface area contributed by atoms with Crippen LogP contribution < -0.4 is 10.3 Å². The Balaban J connectivity index is 2.09. The number of aromatic hydroxyl groups is 1. The highest BCUT2D eigenvalue weighted by Crippen LogP contribution is 2.14. The topological polar surface area (TPSA) is 78.4 Å². The van der Waals surface area contributed by atoms with Crippen molar-refractivity contribution in [3.05, 3.63) is 54.1 Å². The summed E-state index contributed by atoms with van der Waals surface area (Å²) in [5.41, 5.74) is 4.10. The minimum atomic E-state index is -3.61. The smallest absolute Gasteiger partial charge is 0.257 e. The van der Waals surface area contributed by atoms with E-state index in [4.69, 9.17) is 5.11 Å². The van der Waals surface area contributed by atoms with E-state index < -0.39 is 10.0 Å². The van der Waals surface area contributed by atoms with Crippen molar-refractivity contribution in [2.75, 3.05) is 5.43 Å². The lowest BCUT2D eigenvalue weighted by atomic mass is 10.2. The van der Waals surface area contributed by atoms with Crippen molar-refractivity contribution in [2.24, 2.45) is 0 Å². The molecule has 0 saturated carbocycles. The van der Waals surface area contributed by atoms with Crippen LogP contribution in [0.15, 0.2) is 53.4 Å². The van der Waals surface area contributed by atoms with E-state index in [1.54, 1.807) is 24.3 Å². The zero-order valence-electron chi connectivity index (χ0n) is 10.3. The summed E-state index contributed by atoms with van der Waals surface area (Å²) in [7, 11) is -3.61. The van der Waals surface area contributed by atoms with Crippen LogP contribution in [0.1, 0.15) is 5.56 Å². The first kappa shape index (κ1) is 13.4. The van der Waals surface area contributed by atoms with Gasteiger partial charge in [-0.1, -0.05) is 17.7 Å². The van der Waals surface area contributed by atoms with Gasteiger partial charge in [-0.25, -0.2) is 8.42 Å². The second kappa shape index (κ2) is 5.29. The molecule has 3 N–H and O–H groups in total. The number of hydrazine groups is 1. The number of benzene rings is 2. The molecule has 0 radical (unpaired) electrons. The van der Waals surface area contributed by atoms with E-state index in [2.05, 4.69) is 10.3 Å². The third-order valence-electron chi connectivity index (χ3n) is 2.53. The molecule has 0 atom stereocenters. The lowest BCUT2D eigenvalue weighted by Gasteiger charge is -2.09. The summed E-state index contributed by atoms with van der Waals surface area (Å²) in [4.78, 5) is 2.46. The third-order valence-corrected chi connectivity index (χ3v) is 3.79. The molecule has 0 fully saturated rings. The average Bonchev–Trinajstić information content (AvgIpc) is 2.39. The normalized spacial score (nSPS) is 11.2. The molecule has 5 nitrogen and oxygen atoms in total. The molecule has 0 unspecified atom stereocenters. The molecule has 0 aromatic heterocycles. The summed E-state index contributed by atoms with van der Waals surface area (Å²) >= 11 is 0. The molecule has 0 aliphatic carbocycles. The Hall–Kier alpha value is -2.05. The van der Waals surface area contributed by atoms with Crippen molar-refractivity contribution < 1.29 is 13.5 Å². The fourth-order valence-electron chi connectivity index (χ4n) is 1.45. The molecule has 0 saturated heterocycles. The zero-order chi connectivity index (χ0) is 13.9. The second-order valence-corrected chi connectivity index (χ2v) is 5.77. The highest BCUT2D eigenvalue weighted by Gasteiger charge is 2.12. The Kier molecular flexibility index (Phi) is 3.73. The number of phenolic OH excluding ortho intramolecular Hbond substituents is 1. The minimum absolute atomic E-state index is 0.118. The van der Waals surface area contributed by atoms with Crippen LogP contribution in [-0.4, -0.2) is 13.5 Å². The Bertz CT molecular complexity index is 649. The Morgan fingerprint density at radius 2 is 1.53 bits per heavy atom. The van der Waals surface area contributed by atoms with Crippen LogP contribution in [0.2, 0.25) is 0 Å². The van der Waals surface area contributed by atoms with E-state index in [-0.39, 0.29) is 10.6 Å². The van der Waals surface area contributed by atoms with Crippen LogP contribution in [0, 0.1) is 6.92 Å². The Morgan fingerprint density at radius 3 is 2.11 bits per heavy atom. The van der Waals surface area contributed by atoms with Crippen LogP contribution in [0.5, 0.6) is 5.75 Å². The Morgan fingerprint density at radius 1 is 0.947 bits per heavy atom. The summed E-state index contributed by atoms with van der Waals surface area (Å²) in [5.74, 6) is 0.118. The van der Waals surface area contributed by atoms with E-state index in [9.17, 15) is 8.42 Å². The van der Waals surface area contributed by atoms with Gasteiger partial charge in [-0.05, 0) is 43.3 Å². The van der Waals surface area contributed by atoms with Crippen molar-refractivity contribution in [2.45, 2.75) is 11.8 Å². The minimum Gasteiger partial charge on any atom is -0.508 e. The van der Waals surface area contributed by atoms with Gasteiger partial charge in [-0.15, -0.1) is 4.83 Å². The van der Waals surface area contributed by atoms with Crippen molar-refractivity contribution in [3.8, 4) is 5.75 Å². The van der Waals surface area contributed by atoms with Gasteiger partial charge >= 0.3 is 0 Å². The number of phenols is 1. The largest absolute Gasteiger partial charge is 0.508 e. The number of hydrogen-bond donors (Lipinski definition) is 3. The molecule has 0 amide bonds. The molecule has 2 aromatic rings. The molecule has 0 aliphatic heterocycles. The Labute approximate surface area is 111 Å². The van der Waals surface area contributed by atoms with Crippen LogP contribution in [0.3, 0.4) is 0 Å². The molecule has 19 heavy (non-hydrogen) atoms. The number of aryl methyl sites for hydroxylation is 1. The number of anilines is 1. The summed E-state index contributed by atoms with van der Waals surface area (Å²) in [6, 6.07) is 12.6. The van der Waals surface area contributed by atoms with Crippen LogP contribution in [0.25, 0.3) is 0 Å². The monoisotopic (exact) mass is 278 g/mol. The lowest BCUT2D eigenvalue weighted by Crippen LogP contribution is -2.29. The van der Waals surface area contributed by atoms with Crippen molar-refractivity contribution in [3.63, 3.8) is 0 Å². The summed E-state index contributed by atoms with van der Waals surface area (Å²) < 4.78 is 23.9. The first-order chi connectivity index (χ1) is 8.97.